The molecule has 1 aromatic heterocycles. The van der Waals surface area contributed by atoms with Crippen LogP contribution in [-0.4, -0.2) is 30.7 Å². The molecule has 0 aliphatic heterocycles. The zero-order valence-corrected chi connectivity index (χ0v) is 17.5. The van der Waals surface area contributed by atoms with E-state index in [-0.39, 0.29) is 17.9 Å². The number of fused-ring (bicyclic) bond motifs is 1. The minimum absolute atomic E-state index is 0.228. The van der Waals surface area contributed by atoms with Crippen LogP contribution in [0.1, 0.15) is 15.9 Å². The number of aromatic hydroxyl groups is 1. The molecule has 0 bridgehead atoms. The Morgan fingerprint density at radius 1 is 1.16 bits per heavy atom. The summed E-state index contributed by atoms with van der Waals surface area (Å²) in [6, 6.07) is 13.2. The van der Waals surface area contributed by atoms with Crippen molar-refractivity contribution in [2.24, 2.45) is 0 Å². The van der Waals surface area contributed by atoms with Gasteiger partial charge in [0, 0.05) is 24.0 Å². The lowest BCUT2D eigenvalue weighted by Gasteiger charge is -2.10. The molecular formula is C22H17FN2O6S. The molecule has 1 amide bonds. The van der Waals surface area contributed by atoms with Gasteiger partial charge in [0.2, 0.25) is 0 Å². The smallest absolute Gasteiger partial charge is 0.255 e. The molecule has 0 unspecified atom stereocenters. The van der Waals surface area contributed by atoms with Gasteiger partial charge in [-0.05, 0) is 35.9 Å². The normalized spacial score (nSPS) is 11.4. The summed E-state index contributed by atoms with van der Waals surface area (Å²) in [5.74, 6) is -1.72. The fourth-order valence-electron chi connectivity index (χ4n) is 2.98. The van der Waals surface area contributed by atoms with Crippen LogP contribution in [0.5, 0.6) is 11.5 Å². The van der Waals surface area contributed by atoms with Crippen molar-refractivity contribution in [2.75, 3.05) is 11.6 Å². The van der Waals surface area contributed by atoms with Gasteiger partial charge >= 0.3 is 0 Å². The Labute approximate surface area is 182 Å². The summed E-state index contributed by atoms with van der Waals surface area (Å²) in [6.07, 6.45) is 2.22. The minimum atomic E-state index is -3.81. The summed E-state index contributed by atoms with van der Waals surface area (Å²) in [6.45, 7) is 0.246. The molecule has 0 aliphatic carbocycles. The number of ether oxygens (including phenoxy) is 1. The second-order valence-electron chi connectivity index (χ2n) is 6.99. The number of phenolic OH excluding ortho intramolecular Hbond substituents is 1. The molecule has 164 valence electrons. The van der Waals surface area contributed by atoms with Crippen LogP contribution in [0.4, 0.5) is 10.1 Å². The topological polar surface area (TPSA) is 119 Å². The first-order valence-electron chi connectivity index (χ1n) is 9.29. The van der Waals surface area contributed by atoms with Crippen molar-refractivity contribution in [1.82, 2.24) is 4.98 Å². The van der Waals surface area contributed by atoms with Crippen molar-refractivity contribution in [2.45, 2.75) is 11.5 Å². The van der Waals surface area contributed by atoms with Gasteiger partial charge in [-0.25, -0.2) is 17.8 Å². The number of amides is 1. The third kappa shape index (κ3) is 4.54. The van der Waals surface area contributed by atoms with Gasteiger partial charge in [0.25, 0.3) is 5.91 Å². The zero-order chi connectivity index (χ0) is 22.9. The van der Waals surface area contributed by atoms with Crippen LogP contribution in [0.15, 0.2) is 70.3 Å². The Balaban J connectivity index is 1.44. The first-order chi connectivity index (χ1) is 15.2. The van der Waals surface area contributed by atoms with Crippen LogP contribution in [0, 0.1) is 5.82 Å². The quantitative estimate of drug-likeness (QED) is 0.334. The van der Waals surface area contributed by atoms with Gasteiger partial charge in [0.1, 0.15) is 34.3 Å². The number of rotatable bonds is 6. The number of carbonyl (C=O) groups excluding carboxylic acids is 1. The molecular weight excluding hydrogens is 439 g/mol. The maximum atomic E-state index is 14.1. The number of hydrogen-bond donors (Lipinski definition) is 2. The van der Waals surface area contributed by atoms with Crippen molar-refractivity contribution in [3.05, 3.63) is 77.9 Å². The summed E-state index contributed by atoms with van der Waals surface area (Å²) in [5, 5.41) is 12.0. The fourth-order valence-corrected chi connectivity index (χ4v) is 3.75. The highest BCUT2D eigenvalue weighted by Gasteiger charge is 2.19. The number of halogens is 1. The van der Waals surface area contributed by atoms with Gasteiger partial charge in [-0.3, -0.25) is 4.79 Å². The van der Waals surface area contributed by atoms with E-state index in [0.717, 1.165) is 17.9 Å². The highest BCUT2D eigenvalue weighted by Crippen LogP contribution is 2.29. The maximum absolute atomic E-state index is 14.1. The van der Waals surface area contributed by atoms with Crippen LogP contribution >= 0.6 is 0 Å². The van der Waals surface area contributed by atoms with Crippen molar-refractivity contribution in [3.8, 4) is 11.5 Å². The molecule has 0 saturated heterocycles. The van der Waals surface area contributed by atoms with Gasteiger partial charge in [0.05, 0.1) is 5.69 Å². The zero-order valence-electron chi connectivity index (χ0n) is 16.7. The van der Waals surface area contributed by atoms with Crippen LogP contribution < -0.4 is 10.1 Å². The highest BCUT2D eigenvalue weighted by atomic mass is 32.2. The molecule has 0 saturated carbocycles. The number of aromatic nitrogens is 1. The third-order valence-corrected chi connectivity index (χ3v) is 5.75. The van der Waals surface area contributed by atoms with Gasteiger partial charge in [-0.2, -0.15) is 0 Å². The van der Waals surface area contributed by atoms with Crippen molar-refractivity contribution in [1.29, 1.82) is 0 Å². The predicted octanol–water partition coefficient (Wildman–Crippen LogP) is 3.91. The molecule has 0 aliphatic rings. The Bertz CT molecular complexity index is 1410. The summed E-state index contributed by atoms with van der Waals surface area (Å²) in [5.41, 5.74) is 1.99. The van der Waals surface area contributed by atoms with Gasteiger partial charge in [0.15, 0.2) is 21.8 Å². The van der Waals surface area contributed by atoms with E-state index in [1.165, 1.54) is 18.5 Å². The van der Waals surface area contributed by atoms with Gasteiger partial charge in [-0.15, -0.1) is 0 Å². The van der Waals surface area contributed by atoms with E-state index in [2.05, 4.69) is 10.3 Å². The molecule has 0 radical (unpaired) electrons. The second-order valence-corrected chi connectivity index (χ2v) is 8.98. The molecule has 3 aromatic carbocycles. The van der Waals surface area contributed by atoms with Crippen LogP contribution in [0.3, 0.4) is 0 Å². The Kier molecular flexibility index (Phi) is 5.54. The molecule has 32 heavy (non-hydrogen) atoms. The molecule has 4 aromatic rings. The Hall–Kier alpha value is -3.92. The minimum Gasteiger partial charge on any atom is -0.506 e. The average molecular weight is 456 g/mol. The standard InChI is InChI=1S/C22H17FN2O6S/c1-32(28,29)21-10-17(16(23)9-19(21)26)25-22(27)14-4-2-13(3-5-14)11-30-15-6-7-20-18(8-15)24-12-31-20/h2-10,12,26H,11H2,1H3,(H,25,27). The number of nitrogens with one attached hydrogen (secondary N) is 1. The molecule has 4 rings (SSSR count). The number of nitrogens with zero attached hydrogens (tertiary/aromatic N) is 1. The summed E-state index contributed by atoms with van der Waals surface area (Å²) < 4.78 is 48.4. The molecule has 0 fully saturated rings. The lowest BCUT2D eigenvalue weighted by Crippen LogP contribution is -2.14. The summed E-state index contributed by atoms with van der Waals surface area (Å²) in [7, 11) is -3.81. The third-order valence-electron chi connectivity index (χ3n) is 4.62. The molecule has 0 atom stereocenters. The number of benzene rings is 3. The highest BCUT2D eigenvalue weighted by molar-refractivity contribution is 7.90. The molecule has 10 heteroatoms. The van der Waals surface area contributed by atoms with Gasteiger partial charge in [-0.1, -0.05) is 12.1 Å². The maximum Gasteiger partial charge on any atom is 0.255 e. The van der Waals surface area contributed by atoms with Crippen LogP contribution in [0.25, 0.3) is 11.1 Å². The van der Waals surface area contributed by atoms with Gasteiger partial charge < -0.3 is 19.6 Å². The largest absolute Gasteiger partial charge is 0.506 e. The summed E-state index contributed by atoms with van der Waals surface area (Å²) >= 11 is 0. The SMILES string of the molecule is CS(=O)(=O)c1cc(NC(=O)c2ccc(COc3ccc4ocnc4c3)cc2)c(F)cc1O. The van der Waals surface area contributed by atoms with Crippen molar-refractivity contribution < 1.29 is 31.9 Å². The lowest BCUT2D eigenvalue weighted by atomic mass is 10.1. The first kappa shape index (κ1) is 21.3. The number of sulfone groups is 1. The van der Waals surface area contributed by atoms with Crippen LogP contribution in [0.2, 0.25) is 0 Å². The Morgan fingerprint density at radius 2 is 1.91 bits per heavy atom. The molecule has 2 N–H and O–H groups in total. The molecule has 0 spiro atoms. The van der Waals surface area contributed by atoms with Crippen LogP contribution in [-0.2, 0) is 16.4 Å². The first-order valence-corrected chi connectivity index (χ1v) is 11.2. The van der Waals surface area contributed by atoms with E-state index in [0.29, 0.717) is 22.9 Å². The predicted molar refractivity (Wildman–Crippen MR) is 114 cm³/mol. The molecule has 1 heterocycles. The van der Waals surface area contributed by atoms with E-state index in [9.17, 15) is 22.7 Å². The van der Waals surface area contributed by atoms with E-state index < -0.39 is 32.2 Å². The second kappa shape index (κ2) is 8.31. The van der Waals surface area contributed by atoms with E-state index >= 15 is 0 Å². The number of carbonyl (C=O) groups is 1. The summed E-state index contributed by atoms with van der Waals surface area (Å²) in [4.78, 5) is 16.0. The monoisotopic (exact) mass is 456 g/mol. The Morgan fingerprint density at radius 3 is 2.62 bits per heavy atom. The molecule has 8 nitrogen and oxygen atoms in total. The van der Waals surface area contributed by atoms with E-state index in [1.54, 1.807) is 30.3 Å². The van der Waals surface area contributed by atoms with Crippen molar-refractivity contribution >= 4 is 32.5 Å². The fraction of sp³-hybridized carbons (Fsp3) is 0.0909. The van der Waals surface area contributed by atoms with E-state index in [4.69, 9.17) is 9.15 Å². The average Bonchev–Trinajstić information content (AvgIpc) is 3.21. The number of oxazole rings is 1. The lowest BCUT2D eigenvalue weighted by molar-refractivity contribution is 0.102. The van der Waals surface area contributed by atoms with E-state index in [1.807, 2.05) is 0 Å². The van der Waals surface area contributed by atoms with Crippen molar-refractivity contribution in [3.63, 3.8) is 0 Å². The number of hydrogen-bond acceptors (Lipinski definition) is 7. The number of phenols is 1. The number of anilines is 1.